The summed E-state index contributed by atoms with van der Waals surface area (Å²) in [5.74, 6) is 1.59. The minimum absolute atomic E-state index is 0.796. The molecule has 14 rings (SSSR count). The van der Waals surface area contributed by atoms with Crippen LogP contribution in [0, 0.1) is 0 Å². The van der Waals surface area contributed by atoms with Crippen LogP contribution in [0.3, 0.4) is 0 Å². The Kier molecular flexibility index (Phi) is 11.0. The molecule has 0 aliphatic rings. The Bertz CT molecular complexity index is 4150. The summed E-state index contributed by atoms with van der Waals surface area (Å²) in [5, 5.41) is 14.5. The van der Waals surface area contributed by atoms with Gasteiger partial charge in [0.2, 0.25) is 0 Å². The fourth-order valence-electron chi connectivity index (χ4n) is 12.2. The lowest BCUT2D eigenvalue weighted by Crippen LogP contribution is -1.95. The van der Waals surface area contributed by atoms with Crippen LogP contribution in [-0.2, 0) is 0 Å². The van der Waals surface area contributed by atoms with Gasteiger partial charge in [-0.3, -0.25) is 0 Å². The number of benzene rings is 14. The Morgan fingerprint density at radius 3 is 0.724 bits per heavy atom. The Morgan fingerprint density at radius 2 is 0.434 bits per heavy atom. The minimum Gasteiger partial charge on any atom is -0.496 e. The normalized spacial score (nSPS) is 11.6. The van der Waals surface area contributed by atoms with E-state index in [4.69, 9.17) is 9.47 Å². The Morgan fingerprint density at radius 1 is 0.184 bits per heavy atom. The summed E-state index contributed by atoms with van der Waals surface area (Å²) < 4.78 is 12.4. The van der Waals surface area contributed by atoms with Gasteiger partial charge in [-0.25, -0.2) is 0 Å². The zero-order chi connectivity index (χ0) is 50.7. The maximum absolute atomic E-state index is 6.19. The van der Waals surface area contributed by atoms with E-state index in [0.717, 1.165) is 66.4 Å². The van der Waals surface area contributed by atoms with Crippen molar-refractivity contribution >= 4 is 64.6 Å². The molecule has 76 heavy (non-hydrogen) atoms. The Balaban J connectivity index is 0.822. The van der Waals surface area contributed by atoms with Gasteiger partial charge >= 0.3 is 0 Å². The first kappa shape index (κ1) is 44.9. The largest absolute Gasteiger partial charge is 0.496 e. The molecular formula is C74H50O2. The SMILES string of the molecule is COc1ccc2cc(-c3ccc(-c4c5ccccc5c(-c5ccccc5)c5ccccc45)cc3)ccc2c1-c1c(OC)ccc2cc(-c3ccc(-c4c5ccccc5c(-c5ccccc5)c5ccccc45)cc3)ccc12. The summed E-state index contributed by atoms with van der Waals surface area (Å²) in [4.78, 5) is 0. The molecule has 2 heteroatoms. The second kappa shape index (κ2) is 18.6. The van der Waals surface area contributed by atoms with Crippen molar-refractivity contribution in [2.24, 2.45) is 0 Å². The summed E-state index contributed by atoms with van der Waals surface area (Å²) in [6.45, 7) is 0. The van der Waals surface area contributed by atoms with Crippen LogP contribution in [-0.4, -0.2) is 14.2 Å². The van der Waals surface area contributed by atoms with E-state index in [0.29, 0.717) is 0 Å². The summed E-state index contributed by atoms with van der Waals surface area (Å²) in [5.41, 5.74) is 16.5. The lowest BCUT2D eigenvalue weighted by Gasteiger charge is -2.19. The second-order valence-corrected chi connectivity index (χ2v) is 19.7. The minimum atomic E-state index is 0.796. The van der Waals surface area contributed by atoms with Gasteiger partial charge in [-0.1, -0.05) is 243 Å². The lowest BCUT2D eigenvalue weighted by atomic mass is 9.85. The first-order valence-electron chi connectivity index (χ1n) is 26.0. The van der Waals surface area contributed by atoms with Gasteiger partial charge < -0.3 is 9.47 Å². The third-order valence-corrected chi connectivity index (χ3v) is 15.7. The molecule has 0 heterocycles. The summed E-state index contributed by atoms with van der Waals surface area (Å²) in [7, 11) is 3.51. The van der Waals surface area contributed by atoms with E-state index in [2.05, 4.69) is 267 Å². The maximum Gasteiger partial charge on any atom is 0.127 e. The molecule has 0 aromatic heterocycles. The predicted molar refractivity (Wildman–Crippen MR) is 323 cm³/mol. The van der Waals surface area contributed by atoms with Gasteiger partial charge in [0.25, 0.3) is 0 Å². The summed E-state index contributed by atoms with van der Waals surface area (Å²) in [6.07, 6.45) is 0. The van der Waals surface area contributed by atoms with E-state index in [1.807, 2.05) is 0 Å². The highest BCUT2D eigenvalue weighted by molar-refractivity contribution is 6.23. The molecule has 0 saturated heterocycles. The average Bonchev–Trinajstić information content (AvgIpc) is 3.53. The number of hydrogen-bond donors (Lipinski definition) is 0. The van der Waals surface area contributed by atoms with Crippen LogP contribution in [0.15, 0.2) is 267 Å². The zero-order valence-corrected chi connectivity index (χ0v) is 42.2. The van der Waals surface area contributed by atoms with Crippen LogP contribution < -0.4 is 9.47 Å². The van der Waals surface area contributed by atoms with Crippen molar-refractivity contribution in [3.05, 3.63) is 267 Å². The number of ether oxygens (including phenoxy) is 2. The molecular weight excluding hydrogens is 921 g/mol. The lowest BCUT2D eigenvalue weighted by molar-refractivity contribution is 0.411. The molecule has 0 bridgehead atoms. The maximum atomic E-state index is 6.19. The van der Waals surface area contributed by atoms with Gasteiger partial charge in [-0.2, -0.15) is 0 Å². The van der Waals surface area contributed by atoms with E-state index in [1.165, 1.54) is 87.6 Å². The highest BCUT2D eigenvalue weighted by Crippen LogP contribution is 2.49. The standard InChI is InChI=1S/C74H50O2/c1-75-67-43-39-55-45-53(47-29-33-51(34-30-47)71-63-25-13-9-21-59(63)69(49-17-5-3-6-18-49)60-22-10-14-26-64(60)71)37-41-57(55)73(67)74-58-42-38-54(46-56(58)40-44-68(74)76-2)48-31-35-52(36-32-48)72-65-27-15-11-23-61(65)70(50-19-7-4-8-20-50)62-24-12-16-28-66(62)72/h3-46H,1-2H3. The first-order valence-corrected chi connectivity index (χ1v) is 26.0. The number of hydrogen-bond acceptors (Lipinski definition) is 2. The van der Waals surface area contributed by atoms with Gasteiger partial charge in [0.15, 0.2) is 0 Å². The highest BCUT2D eigenvalue weighted by atomic mass is 16.5. The Hall–Kier alpha value is -9.76. The van der Waals surface area contributed by atoms with Crippen molar-refractivity contribution in [1.82, 2.24) is 0 Å². The third-order valence-electron chi connectivity index (χ3n) is 15.7. The topological polar surface area (TPSA) is 18.5 Å². The predicted octanol–water partition coefficient (Wildman–Crippen LogP) is 20.3. The molecule has 2 nitrogen and oxygen atoms in total. The third kappa shape index (κ3) is 7.41. The van der Waals surface area contributed by atoms with Gasteiger partial charge in [-0.15, -0.1) is 0 Å². The van der Waals surface area contributed by atoms with E-state index in [9.17, 15) is 0 Å². The second-order valence-electron chi connectivity index (χ2n) is 19.7. The van der Waals surface area contributed by atoms with Crippen molar-refractivity contribution in [3.8, 4) is 89.4 Å². The van der Waals surface area contributed by atoms with E-state index >= 15 is 0 Å². The Labute approximate surface area is 442 Å². The smallest absolute Gasteiger partial charge is 0.127 e. The van der Waals surface area contributed by atoms with Crippen LogP contribution in [0.4, 0.5) is 0 Å². The van der Waals surface area contributed by atoms with Gasteiger partial charge in [0, 0.05) is 11.1 Å². The molecule has 0 aliphatic heterocycles. The highest BCUT2D eigenvalue weighted by Gasteiger charge is 2.22. The number of rotatable bonds is 9. The van der Waals surface area contributed by atoms with Crippen molar-refractivity contribution in [2.45, 2.75) is 0 Å². The zero-order valence-electron chi connectivity index (χ0n) is 42.2. The fourth-order valence-corrected chi connectivity index (χ4v) is 12.2. The van der Waals surface area contributed by atoms with Gasteiger partial charge in [0.1, 0.15) is 11.5 Å². The van der Waals surface area contributed by atoms with Crippen LogP contribution in [0.25, 0.3) is 143 Å². The fraction of sp³-hybridized carbons (Fsp3) is 0.0270. The van der Waals surface area contributed by atoms with Gasteiger partial charge in [-0.05, 0) is 156 Å². The van der Waals surface area contributed by atoms with Gasteiger partial charge in [0.05, 0.1) is 14.2 Å². The average molecular weight is 971 g/mol. The van der Waals surface area contributed by atoms with Crippen LogP contribution in [0.1, 0.15) is 0 Å². The van der Waals surface area contributed by atoms with Crippen molar-refractivity contribution in [2.75, 3.05) is 14.2 Å². The monoisotopic (exact) mass is 970 g/mol. The van der Waals surface area contributed by atoms with Crippen LogP contribution in [0.2, 0.25) is 0 Å². The van der Waals surface area contributed by atoms with Crippen molar-refractivity contribution in [3.63, 3.8) is 0 Å². The summed E-state index contributed by atoms with van der Waals surface area (Å²) in [6, 6.07) is 97.2. The molecule has 0 atom stereocenters. The van der Waals surface area contributed by atoms with Crippen molar-refractivity contribution in [1.29, 1.82) is 0 Å². The molecule has 0 aliphatic carbocycles. The van der Waals surface area contributed by atoms with E-state index in [-0.39, 0.29) is 0 Å². The first-order chi connectivity index (χ1) is 37.6. The molecule has 0 saturated carbocycles. The van der Waals surface area contributed by atoms with E-state index < -0.39 is 0 Å². The molecule has 0 N–H and O–H groups in total. The van der Waals surface area contributed by atoms with Crippen LogP contribution >= 0.6 is 0 Å². The molecule has 14 aromatic rings. The quantitative estimate of drug-likeness (QED) is 0.134. The molecule has 0 unspecified atom stereocenters. The molecule has 0 fully saturated rings. The molecule has 0 amide bonds. The summed E-state index contributed by atoms with van der Waals surface area (Å²) >= 11 is 0. The molecule has 14 aromatic carbocycles. The van der Waals surface area contributed by atoms with E-state index in [1.54, 1.807) is 14.2 Å². The number of methoxy groups -OCH3 is 2. The van der Waals surface area contributed by atoms with Crippen LogP contribution in [0.5, 0.6) is 11.5 Å². The molecule has 0 spiro atoms. The number of fused-ring (bicyclic) bond motifs is 6. The van der Waals surface area contributed by atoms with Crippen molar-refractivity contribution < 1.29 is 9.47 Å². The molecule has 358 valence electrons. The molecule has 0 radical (unpaired) electrons.